The van der Waals surface area contributed by atoms with Gasteiger partial charge in [0.25, 0.3) is 5.56 Å². The van der Waals surface area contributed by atoms with Crippen molar-refractivity contribution in [3.63, 3.8) is 0 Å². The number of ether oxygens (including phenoxy) is 1. The maximum atomic E-state index is 13.6. The van der Waals surface area contributed by atoms with E-state index in [0.29, 0.717) is 21.7 Å². The Bertz CT molecular complexity index is 1740. The number of imidazole rings is 1. The van der Waals surface area contributed by atoms with Gasteiger partial charge in [-0.15, -0.1) is 11.3 Å². The number of aryl methyl sites for hydroxylation is 2. The number of nitrogens with zero attached hydrogens (tertiary/aromatic N) is 4. The summed E-state index contributed by atoms with van der Waals surface area (Å²) in [6.45, 7) is 5.94. The Balaban J connectivity index is 1.43. The third-order valence-corrected chi connectivity index (χ3v) is 8.25. The van der Waals surface area contributed by atoms with Crippen molar-refractivity contribution in [3.8, 4) is 27.6 Å². The lowest BCUT2D eigenvalue weighted by molar-refractivity contribution is 0.413. The van der Waals surface area contributed by atoms with Gasteiger partial charge in [0, 0.05) is 29.9 Å². The average molecular weight is 514 g/mol. The molecule has 1 aliphatic rings. The van der Waals surface area contributed by atoms with Gasteiger partial charge in [-0.2, -0.15) is 0 Å². The highest BCUT2D eigenvalue weighted by molar-refractivity contribution is 7.22. The van der Waals surface area contributed by atoms with Crippen LogP contribution >= 0.6 is 11.3 Å². The topological polar surface area (TPSA) is 85.2 Å². The molecule has 1 saturated heterocycles. The highest BCUT2D eigenvalue weighted by Crippen LogP contribution is 2.38. The smallest absolute Gasteiger partial charge is 0.334 e. The Labute approximate surface area is 217 Å². The molecule has 2 aromatic carbocycles. The van der Waals surface area contributed by atoms with E-state index < -0.39 is 5.69 Å². The standard InChI is InChI=1S/C28H27N5O3S/c1-17-15-32(16-29-17)22-11-6-19(14-23(22)36-3)25-18(2)24-26(37-25)30-28(35)33(27(24)34)21-9-7-20(8-10-21)31-12-4-5-13-31/h6-11,14-16H,4-5,12-13H2,1-3H3,(H,30,35). The molecule has 0 amide bonds. The zero-order chi connectivity index (χ0) is 25.7. The van der Waals surface area contributed by atoms with Gasteiger partial charge in [-0.1, -0.05) is 6.07 Å². The normalized spacial score (nSPS) is 13.5. The maximum Gasteiger partial charge on any atom is 0.334 e. The van der Waals surface area contributed by atoms with Crippen LogP contribution in [0.5, 0.6) is 5.75 Å². The summed E-state index contributed by atoms with van der Waals surface area (Å²) in [6.07, 6.45) is 6.07. The molecule has 1 aliphatic heterocycles. The molecule has 0 aliphatic carbocycles. The van der Waals surface area contributed by atoms with Crippen molar-refractivity contribution in [1.29, 1.82) is 0 Å². The van der Waals surface area contributed by atoms with E-state index in [1.165, 1.54) is 28.7 Å². The Morgan fingerprint density at radius 3 is 2.41 bits per heavy atom. The lowest BCUT2D eigenvalue weighted by Gasteiger charge is -2.17. The number of hydrogen-bond donors (Lipinski definition) is 1. The molecule has 5 aromatic rings. The summed E-state index contributed by atoms with van der Waals surface area (Å²) >= 11 is 1.40. The number of thiophene rings is 1. The minimum atomic E-state index is -0.442. The van der Waals surface area contributed by atoms with E-state index in [-0.39, 0.29) is 5.56 Å². The molecule has 4 heterocycles. The molecule has 0 spiro atoms. The van der Waals surface area contributed by atoms with Gasteiger partial charge in [0.05, 0.1) is 35.9 Å². The van der Waals surface area contributed by atoms with E-state index in [9.17, 15) is 9.59 Å². The predicted octanol–water partition coefficient (Wildman–Crippen LogP) is 4.82. The molecular weight excluding hydrogens is 486 g/mol. The maximum absolute atomic E-state index is 13.6. The number of anilines is 1. The minimum Gasteiger partial charge on any atom is -0.495 e. The molecule has 0 radical (unpaired) electrons. The fraction of sp³-hybridized carbons (Fsp3) is 0.250. The third kappa shape index (κ3) is 3.95. The number of methoxy groups -OCH3 is 1. The van der Waals surface area contributed by atoms with Crippen LogP contribution in [0.4, 0.5) is 5.69 Å². The van der Waals surface area contributed by atoms with Gasteiger partial charge in [-0.3, -0.25) is 9.78 Å². The van der Waals surface area contributed by atoms with Gasteiger partial charge in [0.2, 0.25) is 0 Å². The van der Waals surface area contributed by atoms with Crippen molar-refractivity contribution in [3.05, 3.63) is 87.1 Å². The van der Waals surface area contributed by atoms with E-state index in [4.69, 9.17) is 4.74 Å². The number of H-pyrrole nitrogens is 1. The van der Waals surface area contributed by atoms with Crippen molar-refractivity contribution >= 4 is 27.2 Å². The van der Waals surface area contributed by atoms with E-state index in [1.54, 1.807) is 13.4 Å². The quantitative estimate of drug-likeness (QED) is 0.364. The van der Waals surface area contributed by atoms with Crippen LogP contribution in [0.25, 0.3) is 32.0 Å². The van der Waals surface area contributed by atoms with E-state index in [2.05, 4.69) is 14.9 Å². The Morgan fingerprint density at radius 1 is 1.00 bits per heavy atom. The van der Waals surface area contributed by atoms with Crippen LogP contribution in [0, 0.1) is 13.8 Å². The van der Waals surface area contributed by atoms with E-state index >= 15 is 0 Å². The number of fused-ring (bicyclic) bond motifs is 1. The predicted molar refractivity (Wildman–Crippen MR) is 148 cm³/mol. The fourth-order valence-electron chi connectivity index (χ4n) is 5.10. The first-order valence-corrected chi connectivity index (χ1v) is 13.1. The molecule has 8 nitrogen and oxygen atoms in total. The van der Waals surface area contributed by atoms with E-state index in [0.717, 1.165) is 46.2 Å². The van der Waals surface area contributed by atoms with Crippen molar-refractivity contribution in [2.75, 3.05) is 25.1 Å². The molecule has 6 rings (SSSR count). The Kier molecular flexibility index (Phi) is 5.72. The first kappa shape index (κ1) is 23.3. The van der Waals surface area contributed by atoms with Gasteiger partial charge < -0.3 is 14.2 Å². The lowest BCUT2D eigenvalue weighted by Crippen LogP contribution is -2.33. The van der Waals surface area contributed by atoms with Crippen LogP contribution in [0.3, 0.4) is 0 Å². The van der Waals surface area contributed by atoms with Gasteiger partial charge in [0.1, 0.15) is 10.6 Å². The molecule has 0 saturated carbocycles. The second-order valence-electron chi connectivity index (χ2n) is 9.35. The lowest BCUT2D eigenvalue weighted by atomic mass is 10.1. The molecule has 1 fully saturated rings. The number of aromatic amines is 1. The number of nitrogens with one attached hydrogen (secondary N) is 1. The zero-order valence-corrected chi connectivity index (χ0v) is 21.8. The van der Waals surface area contributed by atoms with Crippen LogP contribution in [0.15, 0.2) is 64.6 Å². The monoisotopic (exact) mass is 513 g/mol. The third-order valence-electron chi connectivity index (χ3n) is 7.00. The summed E-state index contributed by atoms with van der Waals surface area (Å²) in [4.78, 5) is 37.7. The van der Waals surface area contributed by atoms with Gasteiger partial charge in [0.15, 0.2) is 0 Å². The summed E-state index contributed by atoms with van der Waals surface area (Å²) in [5.41, 5.74) is 4.45. The van der Waals surface area contributed by atoms with Crippen LogP contribution < -0.4 is 20.9 Å². The molecule has 37 heavy (non-hydrogen) atoms. The first-order valence-electron chi connectivity index (χ1n) is 12.3. The van der Waals surface area contributed by atoms with Crippen LogP contribution in [-0.2, 0) is 0 Å². The Hall–Kier alpha value is -4.11. The Morgan fingerprint density at radius 2 is 1.73 bits per heavy atom. The highest BCUT2D eigenvalue weighted by Gasteiger charge is 2.20. The number of aromatic nitrogens is 4. The largest absolute Gasteiger partial charge is 0.495 e. The second kappa shape index (κ2) is 9.08. The van der Waals surface area contributed by atoms with Crippen LogP contribution in [-0.4, -0.2) is 39.3 Å². The summed E-state index contributed by atoms with van der Waals surface area (Å²) < 4.78 is 8.82. The summed E-state index contributed by atoms with van der Waals surface area (Å²) in [6, 6.07) is 13.6. The summed E-state index contributed by atoms with van der Waals surface area (Å²) in [7, 11) is 1.63. The molecule has 0 bridgehead atoms. The number of benzene rings is 2. The van der Waals surface area contributed by atoms with Crippen molar-refractivity contribution in [2.24, 2.45) is 0 Å². The van der Waals surface area contributed by atoms with Gasteiger partial charge in [-0.25, -0.2) is 14.3 Å². The molecule has 3 aromatic heterocycles. The number of rotatable bonds is 5. The summed E-state index contributed by atoms with van der Waals surface area (Å²) in [5, 5.41) is 0.525. The minimum absolute atomic E-state index is 0.315. The molecule has 1 N–H and O–H groups in total. The van der Waals surface area contributed by atoms with Crippen molar-refractivity contribution < 1.29 is 4.74 Å². The number of hydrogen-bond acceptors (Lipinski definition) is 6. The summed E-state index contributed by atoms with van der Waals surface area (Å²) in [5.74, 6) is 0.691. The average Bonchev–Trinajstić information content (AvgIpc) is 3.65. The van der Waals surface area contributed by atoms with Gasteiger partial charge >= 0.3 is 5.69 Å². The molecule has 9 heteroatoms. The van der Waals surface area contributed by atoms with Crippen LogP contribution in [0.2, 0.25) is 0 Å². The van der Waals surface area contributed by atoms with Crippen molar-refractivity contribution in [2.45, 2.75) is 26.7 Å². The zero-order valence-electron chi connectivity index (χ0n) is 20.9. The SMILES string of the molecule is COc1cc(-c2sc3[nH]c(=O)n(-c4ccc(N5CCCC5)cc4)c(=O)c3c2C)ccc1-n1cnc(C)c1. The van der Waals surface area contributed by atoms with Crippen molar-refractivity contribution in [1.82, 2.24) is 19.1 Å². The fourth-order valence-corrected chi connectivity index (χ4v) is 6.28. The highest BCUT2D eigenvalue weighted by atomic mass is 32.1. The second-order valence-corrected chi connectivity index (χ2v) is 10.4. The molecular formula is C28H27N5O3S. The molecule has 0 atom stereocenters. The van der Waals surface area contributed by atoms with E-state index in [1.807, 2.05) is 67.1 Å². The molecule has 0 unspecified atom stereocenters. The molecule has 188 valence electrons. The van der Waals surface area contributed by atoms with Crippen LogP contribution in [0.1, 0.15) is 24.1 Å². The van der Waals surface area contributed by atoms with Gasteiger partial charge in [-0.05, 0) is 74.2 Å². The first-order chi connectivity index (χ1) is 17.9.